The molecule has 15 heteroatoms. The quantitative estimate of drug-likeness (QED) is 0.0843. The maximum Gasteiger partial charge on any atom is 0.296 e. The molecule has 0 aromatic heterocycles. The summed E-state index contributed by atoms with van der Waals surface area (Å²) in [7, 11) is -9.39. The topological polar surface area (TPSA) is 225 Å². The van der Waals surface area contributed by atoms with Crippen LogP contribution in [0.1, 0.15) is 0 Å². The highest BCUT2D eigenvalue weighted by Crippen LogP contribution is 2.44. The predicted octanol–water partition coefficient (Wildman–Crippen LogP) is 6.31. The van der Waals surface area contributed by atoms with Crippen molar-refractivity contribution in [2.75, 3.05) is 5.73 Å². The summed E-state index contributed by atoms with van der Waals surface area (Å²) in [6, 6.07) is 18.5. The van der Waals surface area contributed by atoms with Gasteiger partial charge in [0.25, 0.3) is 20.2 Å². The van der Waals surface area contributed by atoms with E-state index >= 15 is 0 Å². The zero-order chi connectivity index (χ0) is 29.5. The van der Waals surface area contributed by atoms with Crippen LogP contribution in [-0.4, -0.2) is 36.2 Å². The number of azo groups is 2. The second kappa shape index (κ2) is 10.2. The summed E-state index contributed by atoms with van der Waals surface area (Å²) in [5, 5.41) is 38.1. The average molecular weight is 594 g/mol. The Balaban J connectivity index is 1.63. The Bertz CT molecular complexity index is 2130. The number of nitrogens with two attached hydrogens (primary N) is 1. The van der Waals surface area contributed by atoms with Gasteiger partial charge in [-0.2, -0.15) is 27.1 Å². The van der Waals surface area contributed by atoms with Gasteiger partial charge in [-0.1, -0.05) is 30.3 Å². The maximum absolute atomic E-state index is 12.1. The van der Waals surface area contributed by atoms with E-state index in [1.807, 2.05) is 0 Å². The zero-order valence-electron chi connectivity index (χ0n) is 20.6. The normalized spacial score (nSPS) is 12.6. The van der Waals surface area contributed by atoms with Gasteiger partial charge in [0.05, 0.1) is 27.3 Å². The molecule has 13 nitrogen and oxygen atoms in total. The lowest BCUT2D eigenvalue weighted by molar-refractivity contribution is 0.471. The van der Waals surface area contributed by atoms with E-state index in [9.17, 15) is 36.2 Å². The first kappa shape index (κ1) is 27.6. The van der Waals surface area contributed by atoms with Gasteiger partial charge in [-0.25, -0.2) is 0 Å². The summed E-state index contributed by atoms with van der Waals surface area (Å²) in [6.07, 6.45) is 0. The van der Waals surface area contributed by atoms with E-state index in [-0.39, 0.29) is 38.6 Å². The van der Waals surface area contributed by atoms with E-state index in [1.54, 1.807) is 30.3 Å². The van der Waals surface area contributed by atoms with E-state index in [2.05, 4.69) is 20.5 Å². The number of rotatable bonds is 6. The van der Waals surface area contributed by atoms with Crippen LogP contribution < -0.4 is 5.73 Å². The van der Waals surface area contributed by atoms with Gasteiger partial charge in [-0.05, 0) is 53.2 Å². The molecule has 5 rings (SSSR count). The number of benzene rings is 5. The molecule has 0 aliphatic heterocycles. The van der Waals surface area contributed by atoms with Crippen LogP contribution in [0.3, 0.4) is 0 Å². The number of nitrogen functional groups attached to an aromatic ring is 1. The van der Waals surface area contributed by atoms with E-state index in [0.717, 1.165) is 18.2 Å². The third kappa shape index (κ3) is 5.55. The number of hydrogen-bond donors (Lipinski definition) is 5. The summed E-state index contributed by atoms with van der Waals surface area (Å²) < 4.78 is 66.3. The second-order valence-corrected chi connectivity index (χ2v) is 11.5. The number of hydrogen-bond acceptors (Lipinski definition) is 11. The number of phenolic OH excluding ortho intramolecular Hbond substituents is 2. The van der Waals surface area contributed by atoms with Crippen LogP contribution in [0.4, 0.5) is 28.4 Å². The van der Waals surface area contributed by atoms with Crippen molar-refractivity contribution >= 4 is 70.2 Å². The lowest BCUT2D eigenvalue weighted by Gasteiger charge is -2.10. The molecule has 0 saturated carbocycles. The Hall–Kier alpha value is -4.96. The fraction of sp³-hybridized carbons (Fsp3) is 0. The molecule has 0 aliphatic rings. The molecule has 0 aliphatic carbocycles. The lowest BCUT2D eigenvalue weighted by Crippen LogP contribution is -1.99. The van der Waals surface area contributed by atoms with Crippen molar-refractivity contribution in [1.29, 1.82) is 0 Å². The largest absolute Gasteiger partial charge is 0.507 e. The summed E-state index contributed by atoms with van der Waals surface area (Å²) in [5.41, 5.74) is 6.20. The van der Waals surface area contributed by atoms with Crippen molar-refractivity contribution < 1.29 is 36.2 Å². The van der Waals surface area contributed by atoms with Crippen molar-refractivity contribution in [2.45, 2.75) is 9.79 Å². The Kier molecular flexibility index (Phi) is 6.88. The van der Waals surface area contributed by atoms with Gasteiger partial charge in [-0.3, -0.25) is 9.11 Å². The summed E-state index contributed by atoms with van der Waals surface area (Å²) in [5.74, 6) is -1.11. The van der Waals surface area contributed by atoms with E-state index < -0.39 is 47.2 Å². The lowest BCUT2D eigenvalue weighted by atomic mass is 10.1. The molecule has 41 heavy (non-hydrogen) atoms. The van der Waals surface area contributed by atoms with Crippen molar-refractivity contribution in [3.05, 3.63) is 78.9 Å². The molecular weight excluding hydrogens is 574 g/mol. The highest BCUT2D eigenvalue weighted by Gasteiger charge is 2.22. The highest BCUT2D eigenvalue weighted by molar-refractivity contribution is 7.86. The molecule has 6 N–H and O–H groups in total. The Morgan fingerprint density at radius 1 is 0.634 bits per heavy atom. The fourth-order valence-electron chi connectivity index (χ4n) is 4.07. The molecule has 0 saturated heterocycles. The summed E-state index contributed by atoms with van der Waals surface area (Å²) in [6.45, 7) is 0. The zero-order valence-corrected chi connectivity index (χ0v) is 22.2. The second-order valence-electron chi connectivity index (χ2n) is 8.71. The van der Waals surface area contributed by atoms with E-state index in [0.29, 0.717) is 5.69 Å². The molecule has 0 radical (unpaired) electrons. The van der Waals surface area contributed by atoms with Gasteiger partial charge >= 0.3 is 0 Å². The van der Waals surface area contributed by atoms with Gasteiger partial charge in [0.2, 0.25) is 0 Å². The molecule has 0 fully saturated rings. The highest BCUT2D eigenvalue weighted by atomic mass is 32.2. The molecule has 208 valence electrons. The Labute approximate surface area is 232 Å². The number of phenols is 2. The van der Waals surface area contributed by atoms with Gasteiger partial charge in [0.1, 0.15) is 22.0 Å². The van der Waals surface area contributed by atoms with Gasteiger partial charge in [0.15, 0.2) is 5.75 Å². The first-order valence-corrected chi connectivity index (χ1v) is 14.4. The van der Waals surface area contributed by atoms with Gasteiger partial charge in [0, 0.05) is 11.5 Å². The summed E-state index contributed by atoms with van der Waals surface area (Å²) in [4.78, 5) is -1.18. The molecule has 5 aromatic carbocycles. The monoisotopic (exact) mass is 593 g/mol. The average Bonchev–Trinajstić information content (AvgIpc) is 2.91. The van der Waals surface area contributed by atoms with Crippen LogP contribution in [0.2, 0.25) is 0 Å². The van der Waals surface area contributed by atoms with Crippen LogP contribution in [-0.2, 0) is 20.2 Å². The molecule has 0 heterocycles. The number of anilines is 1. The molecular formula is C26H19N5O8S2. The van der Waals surface area contributed by atoms with Crippen molar-refractivity contribution in [1.82, 2.24) is 0 Å². The minimum atomic E-state index is -4.80. The molecule has 5 aromatic rings. The van der Waals surface area contributed by atoms with Crippen LogP contribution >= 0.6 is 0 Å². The first-order chi connectivity index (χ1) is 19.3. The number of fused-ring (bicyclic) bond motifs is 2. The fourth-order valence-corrected chi connectivity index (χ4v) is 5.26. The smallest absolute Gasteiger partial charge is 0.296 e. The van der Waals surface area contributed by atoms with Crippen LogP contribution in [0.15, 0.2) is 109 Å². The Morgan fingerprint density at radius 2 is 1.29 bits per heavy atom. The SMILES string of the molecule is Nc1ccc2cc(S(=O)(=O)O)cc(O)c2c1N=Nc1ccc2cc(S(=O)(=O)O)c(N=Nc3ccccc3)c(O)c2c1. The van der Waals surface area contributed by atoms with Crippen LogP contribution in [0, 0.1) is 0 Å². The van der Waals surface area contributed by atoms with Crippen molar-refractivity contribution in [3.8, 4) is 11.5 Å². The standard InChI is InChI=1S/C26H19N5O8S2/c27-20-9-7-15-10-18(40(34,35)36)13-21(32)23(15)24(20)30-29-17-8-6-14-11-22(41(37,38)39)25(26(33)19(14)12-17)31-28-16-4-2-1-3-5-16/h1-13,32-33H,27H2,(H,34,35,36)(H,37,38,39). The molecule has 0 atom stereocenters. The molecule has 0 unspecified atom stereocenters. The first-order valence-electron chi connectivity index (χ1n) is 11.5. The number of nitrogens with zero attached hydrogens (tertiary/aromatic N) is 4. The predicted molar refractivity (Wildman–Crippen MR) is 150 cm³/mol. The van der Waals surface area contributed by atoms with Gasteiger partial charge < -0.3 is 15.9 Å². The number of aromatic hydroxyl groups is 2. The van der Waals surface area contributed by atoms with Crippen LogP contribution in [0.25, 0.3) is 21.5 Å². The third-order valence-electron chi connectivity index (χ3n) is 5.97. The Morgan fingerprint density at radius 3 is 1.98 bits per heavy atom. The van der Waals surface area contributed by atoms with Gasteiger partial charge in [-0.15, -0.1) is 10.2 Å². The molecule has 0 bridgehead atoms. The van der Waals surface area contributed by atoms with E-state index in [1.165, 1.54) is 30.3 Å². The molecule has 0 spiro atoms. The maximum atomic E-state index is 12.1. The third-order valence-corrected chi connectivity index (χ3v) is 7.67. The summed E-state index contributed by atoms with van der Waals surface area (Å²) >= 11 is 0. The van der Waals surface area contributed by atoms with E-state index in [4.69, 9.17) is 5.73 Å². The van der Waals surface area contributed by atoms with Crippen molar-refractivity contribution in [3.63, 3.8) is 0 Å². The minimum absolute atomic E-state index is 0.00489. The van der Waals surface area contributed by atoms with Crippen molar-refractivity contribution in [2.24, 2.45) is 20.5 Å². The van der Waals surface area contributed by atoms with Crippen LogP contribution in [0.5, 0.6) is 11.5 Å². The minimum Gasteiger partial charge on any atom is -0.507 e. The molecule has 0 amide bonds.